The molecule has 1 atom stereocenters. The molecule has 1 aromatic heterocycles. The number of hydrogen-bond donors (Lipinski definition) is 1. The first-order valence-corrected chi connectivity index (χ1v) is 7.67. The molecule has 23 heavy (non-hydrogen) atoms. The topological polar surface area (TPSA) is 75.4 Å². The maximum Gasteiger partial charge on any atom is 0.274 e. The summed E-state index contributed by atoms with van der Waals surface area (Å²) in [5, 5.41) is 6.44. The molecule has 6 nitrogen and oxygen atoms in total. The van der Waals surface area contributed by atoms with Crippen molar-refractivity contribution in [1.82, 2.24) is 10.5 Å². The van der Waals surface area contributed by atoms with Crippen LogP contribution < -0.4 is 10.2 Å². The summed E-state index contributed by atoms with van der Waals surface area (Å²) in [5.74, 6) is 0.0889. The van der Waals surface area contributed by atoms with E-state index < -0.39 is 6.04 Å². The SMILES string of the molecule is Cc1ccc(N2CCCC(NC(=O)c3cc(C)on3)C2=O)cc1. The molecule has 1 saturated heterocycles. The van der Waals surface area contributed by atoms with Crippen molar-refractivity contribution in [3.8, 4) is 0 Å². The third-order valence-electron chi connectivity index (χ3n) is 3.95. The maximum absolute atomic E-state index is 12.7. The van der Waals surface area contributed by atoms with Gasteiger partial charge in [0, 0.05) is 18.3 Å². The molecule has 0 aliphatic carbocycles. The largest absolute Gasteiger partial charge is 0.361 e. The normalized spacial score (nSPS) is 18.1. The van der Waals surface area contributed by atoms with E-state index in [1.807, 2.05) is 31.2 Å². The van der Waals surface area contributed by atoms with Crippen LogP contribution in [-0.2, 0) is 4.79 Å². The Bertz CT molecular complexity index is 721. The Morgan fingerprint density at radius 2 is 2.04 bits per heavy atom. The van der Waals surface area contributed by atoms with Gasteiger partial charge in [-0.3, -0.25) is 9.59 Å². The molecule has 1 fully saturated rings. The molecule has 0 spiro atoms. The van der Waals surface area contributed by atoms with Crippen molar-refractivity contribution in [2.45, 2.75) is 32.7 Å². The Morgan fingerprint density at radius 3 is 2.70 bits per heavy atom. The lowest BCUT2D eigenvalue weighted by Crippen LogP contribution is -2.52. The van der Waals surface area contributed by atoms with Gasteiger partial charge in [-0.15, -0.1) is 0 Å². The van der Waals surface area contributed by atoms with Crippen molar-refractivity contribution in [3.05, 3.63) is 47.3 Å². The van der Waals surface area contributed by atoms with Crippen LogP contribution in [-0.4, -0.2) is 29.6 Å². The smallest absolute Gasteiger partial charge is 0.274 e. The van der Waals surface area contributed by atoms with E-state index in [1.165, 1.54) is 0 Å². The lowest BCUT2D eigenvalue weighted by atomic mass is 10.0. The van der Waals surface area contributed by atoms with Gasteiger partial charge in [0.15, 0.2) is 5.69 Å². The number of carbonyl (C=O) groups excluding carboxylic acids is 2. The summed E-state index contributed by atoms with van der Waals surface area (Å²) in [5.41, 5.74) is 2.20. The Morgan fingerprint density at radius 1 is 1.30 bits per heavy atom. The van der Waals surface area contributed by atoms with Crippen molar-refractivity contribution in [2.75, 3.05) is 11.4 Å². The molecule has 1 aromatic carbocycles. The quantitative estimate of drug-likeness (QED) is 0.942. The highest BCUT2D eigenvalue weighted by molar-refractivity contribution is 6.02. The van der Waals surface area contributed by atoms with Gasteiger partial charge in [-0.2, -0.15) is 0 Å². The number of nitrogens with zero attached hydrogens (tertiary/aromatic N) is 2. The van der Waals surface area contributed by atoms with Crippen LogP contribution in [0.15, 0.2) is 34.9 Å². The first-order valence-electron chi connectivity index (χ1n) is 7.67. The fraction of sp³-hybridized carbons (Fsp3) is 0.353. The number of piperidine rings is 1. The average molecular weight is 313 g/mol. The first kappa shape index (κ1) is 15.3. The highest BCUT2D eigenvalue weighted by Crippen LogP contribution is 2.21. The lowest BCUT2D eigenvalue weighted by molar-refractivity contribution is -0.121. The third-order valence-corrected chi connectivity index (χ3v) is 3.95. The Labute approximate surface area is 134 Å². The minimum absolute atomic E-state index is 0.0892. The molecular weight excluding hydrogens is 294 g/mol. The molecule has 0 bridgehead atoms. The molecule has 1 aliphatic heterocycles. The molecule has 2 amide bonds. The molecule has 2 heterocycles. The molecule has 6 heteroatoms. The Hall–Kier alpha value is -2.63. The van der Waals surface area contributed by atoms with E-state index in [-0.39, 0.29) is 17.5 Å². The fourth-order valence-corrected chi connectivity index (χ4v) is 2.70. The molecule has 1 aliphatic rings. The number of hydrogen-bond acceptors (Lipinski definition) is 4. The van der Waals surface area contributed by atoms with E-state index in [4.69, 9.17) is 4.52 Å². The molecule has 2 aromatic rings. The number of anilines is 1. The summed E-state index contributed by atoms with van der Waals surface area (Å²) in [6.45, 7) is 4.39. The van der Waals surface area contributed by atoms with E-state index in [1.54, 1.807) is 17.9 Å². The van der Waals surface area contributed by atoms with Crippen molar-refractivity contribution >= 4 is 17.5 Å². The number of aromatic nitrogens is 1. The van der Waals surface area contributed by atoms with Crippen LogP contribution in [0, 0.1) is 13.8 Å². The number of nitrogens with one attached hydrogen (secondary N) is 1. The van der Waals surface area contributed by atoms with Gasteiger partial charge in [0.25, 0.3) is 5.91 Å². The van der Waals surface area contributed by atoms with Crippen LogP contribution in [0.5, 0.6) is 0 Å². The van der Waals surface area contributed by atoms with Crippen LogP contribution in [0.4, 0.5) is 5.69 Å². The number of rotatable bonds is 3. The van der Waals surface area contributed by atoms with Crippen molar-refractivity contribution < 1.29 is 14.1 Å². The van der Waals surface area contributed by atoms with Crippen molar-refractivity contribution in [3.63, 3.8) is 0 Å². The van der Waals surface area contributed by atoms with Gasteiger partial charge in [-0.05, 0) is 38.8 Å². The summed E-state index contributed by atoms with van der Waals surface area (Å²) >= 11 is 0. The second kappa shape index (κ2) is 6.24. The minimum Gasteiger partial charge on any atom is -0.361 e. The third kappa shape index (κ3) is 3.26. The summed E-state index contributed by atoms with van der Waals surface area (Å²) in [6, 6.07) is 8.83. The zero-order valence-corrected chi connectivity index (χ0v) is 13.2. The molecule has 3 rings (SSSR count). The molecule has 120 valence electrons. The zero-order valence-electron chi connectivity index (χ0n) is 13.2. The molecule has 1 unspecified atom stereocenters. The van der Waals surface area contributed by atoms with Gasteiger partial charge in [0.1, 0.15) is 11.8 Å². The van der Waals surface area contributed by atoms with Gasteiger partial charge in [-0.25, -0.2) is 0 Å². The van der Waals surface area contributed by atoms with Crippen LogP contribution in [0.1, 0.15) is 34.7 Å². The monoisotopic (exact) mass is 313 g/mol. The zero-order chi connectivity index (χ0) is 16.4. The van der Waals surface area contributed by atoms with Gasteiger partial charge in [0.05, 0.1) is 0 Å². The second-order valence-corrected chi connectivity index (χ2v) is 5.82. The predicted molar refractivity (Wildman–Crippen MR) is 85.3 cm³/mol. The molecule has 0 radical (unpaired) electrons. The minimum atomic E-state index is -0.533. The number of benzene rings is 1. The van der Waals surface area contributed by atoms with Crippen LogP contribution in [0.3, 0.4) is 0 Å². The number of carbonyl (C=O) groups is 2. The number of amides is 2. The molecule has 0 saturated carbocycles. The van der Waals surface area contributed by atoms with E-state index in [9.17, 15) is 9.59 Å². The van der Waals surface area contributed by atoms with Gasteiger partial charge in [0.2, 0.25) is 5.91 Å². The summed E-state index contributed by atoms with van der Waals surface area (Å²) in [6.07, 6.45) is 1.46. The van der Waals surface area contributed by atoms with Gasteiger partial charge < -0.3 is 14.7 Å². The van der Waals surface area contributed by atoms with Gasteiger partial charge in [-0.1, -0.05) is 22.9 Å². The Balaban J connectivity index is 1.72. The average Bonchev–Trinajstić information content (AvgIpc) is 2.97. The summed E-state index contributed by atoms with van der Waals surface area (Å²) in [7, 11) is 0. The predicted octanol–water partition coefficient (Wildman–Crippen LogP) is 2.22. The first-order chi connectivity index (χ1) is 11.0. The van der Waals surface area contributed by atoms with E-state index in [0.29, 0.717) is 18.7 Å². The Kier molecular flexibility index (Phi) is 4.14. The molecule has 1 N–H and O–H groups in total. The second-order valence-electron chi connectivity index (χ2n) is 5.82. The summed E-state index contributed by atoms with van der Waals surface area (Å²) in [4.78, 5) is 26.5. The standard InChI is InChI=1S/C17H19N3O3/c1-11-5-7-13(8-6-11)20-9-3-4-14(17(20)22)18-16(21)15-10-12(2)23-19-15/h5-8,10,14H,3-4,9H2,1-2H3,(H,18,21). The highest BCUT2D eigenvalue weighted by atomic mass is 16.5. The van der Waals surface area contributed by atoms with Crippen LogP contribution in [0.25, 0.3) is 0 Å². The number of aryl methyl sites for hydroxylation is 2. The van der Waals surface area contributed by atoms with E-state index >= 15 is 0 Å². The van der Waals surface area contributed by atoms with E-state index in [2.05, 4.69) is 10.5 Å². The maximum atomic E-state index is 12.7. The van der Waals surface area contributed by atoms with Gasteiger partial charge >= 0.3 is 0 Å². The molecular formula is C17H19N3O3. The van der Waals surface area contributed by atoms with E-state index in [0.717, 1.165) is 17.7 Å². The summed E-state index contributed by atoms with van der Waals surface area (Å²) < 4.78 is 4.90. The van der Waals surface area contributed by atoms with Crippen LogP contribution >= 0.6 is 0 Å². The van der Waals surface area contributed by atoms with Crippen molar-refractivity contribution in [1.29, 1.82) is 0 Å². The lowest BCUT2D eigenvalue weighted by Gasteiger charge is -2.32. The fourth-order valence-electron chi connectivity index (χ4n) is 2.70. The van der Waals surface area contributed by atoms with Crippen molar-refractivity contribution in [2.24, 2.45) is 0 Å². The highest BCUT2D eigenvalue weighted by Gasteiger charge is 2.31. The van der Waals surface area contributed by atoms with Crippen LogP contribution in [0.2, 0.25) is 0 Å².